The van der Waals surface area contributed by atoms with Crippen molar-refractivity contribution in [2.45, 2.75) is 71.3 Å². The lowest BCUT2D eigenvalue weighted by Crippen LogP contribution is -2.30. The minimum absolute atomic E-state index is 0.0579. The van der Waals surface area contributed by atoms with Crippen LogP contribution in [0.15, 0.2) is 29.3 Å². The third-order valence-corrected chi connectivity index (χ3v) is 7.21. The zero-order valence-electron chi connectivity index (χ0n) is 20.0. The van der Waals surface area contributed by atoms with Crippen molar-refractivity contribution in [3.8, 4) is 0 Å². The number of hydrogen-bond donors (Lipinski definition) is 1. The molecule has 1 saturated carbocycles. The zero-order chi connectivity index (χ0) is 23.7. The van der Waals surface area contributed by atoms with Gasteiger partial charge in [0.25, 0.3) is 5.56 Å². The van der Waals surface area contributed by atoms with Crippen molar-refractivity contribution < 1.29 is 4.79 Å². The lowest BCUT2D eigenvalue weighted by atomic mass is 10.0. The average Bonchev–Trinajstić information content (AvgIpc) is 3.20. The number of aromatic nitrogens is 4. The number of aryl methyl sites for hydroxylation is 1. The summed E-state index contributed by atoms with van der Waals surface area (Å²) in [5.74, 6) is 0.834. The highest BCUT2D eigenvalue weighted by Crippen LogP contribution is 2.32. The maximum atomic E-state index is 13.4. The van der Waals surface area contributed by atoms with E-state index in [-0.39, 0.29) is 22.9 Å². The highest BCUT2D eigenvalue weighted by Gasteiger charge is 2.25. The number of nitrogens with zero attached hydrogens (tertiary/aromatic N) is 5. The quantitative estimate of drug-likeness (QED) is 0.539. The molecule has 2 fully saturated rings. The molecule has 1 N–H and O–H groups in total. The van der Waals surface area contributed by atoms with Crippen molar-refractivity contribution >= 4 is 34.3 Å². The Balaban J connectivity index is 1.49. The smallest absolute Gasteiger partial charge is 0.263 e. The van der Waals surface area contributed by atoms with Crippen LogP contribution in [0.5, 0.6) is 0 Å². The fraction of sp³-hybridized carbons (Fsp3) is 0.500. The molecule has 178 valence electrons. The Morgan fingerprint density at radius 2 is 1.74 bits per heavy atom. The van der Waals surface area contributed by atoms with Gasteiger partial charge in [0.15, 0.2) is 5.78 Å². The second-order valence-corrected chi connectivity index (χ2v) is 9.53. The van der Waals surface area contributed by atoms with Gasteiger partial charge in [-0.25, -0.2) is 9.97 Å². The first-order chi connectivity index (χ1) is 16.5. The van der Waals surface area contributed by atoms with Gasteiger partial charge in [-0.15, -0.1) is 0 Å². The first-order valence-electron chi connectivity index (χ1n) is 12.4. The Morgan fingerprint density at radius 1 is 1.00 bits per heavy atom. The molecule has 2 aliphatic rings. The monoisotopic (exact) mass is 460 g/mol. The van der Waals surface area contributed by atoms with E-state index < -0.39 is 0 Å². The highest BCUT2D eigenvalue weighted by atomic mass is 16.1. The molecule has 0 aromatic carbocycles. The van der Waals surface area contributed by atoms with Gasteiger partial charge in [0.1, 0.15) is 11.5 Å². The van der Waals surface area contributed by atoms with Gasteiger partial charge in [-0.2, -0.15) is 4.98 Å². The third-order valence-electron chi connectivity index (χ3n) is 7.21. The van der Waals surface area contributed by atoms with E-state index in [1.807, 2.05) is 12.3 Å². The minimum Gasteiger partial charge on any atom is -0.370 e. The van der Waals surface area contributed by atoms with Crippen molar-refractivity contribution in [3.05, 3.63) is 46.0 Å². The first kappa shape index (κ1) is 22.5. The van der Waals surface area contributed by atoms with Crippen LogP contribution >= 0.6 is 0 Å². The lowest BCUT2D eigenvalue weighted by Gasteiger charge is -2.22. The Hall–Kier alpha value is -3.29. The van der Waals surface area contributed by atoms with Crippen LogP contribution in [0.3, 0.4) is 0 Å². The molecule has 0 unspecified atom stereocenters. The van der Waals surface area contributed by atoms with Crippen molar-refractivity contribution in [3.63, 3.8) is 0 Å². The highest BCUT2D eigenvalue weighted by molar-refractivity contribution is 5.99. The summed E-state index contributed by atoms with van der Waals surface area (Å²) in [6.45, 7) is 5.40. The summed E-state index contributed by atoms with van der Waals surface area (Å²) in [5.41, 5.74) is 2.36. The Morgan fingerprint density at radius 3 is 2.38 bits per heavy atom. The molecule has 1 aliphatic heterocycles. The maximum Gasteiger partial charge on any atom is 0.263 e. The van der Waals surface area contributed by atoms with Gasteiger partial charge in [-0.05, 0) is 57.2 Å². The van der Waals surface area contributed by atoms with Gasteiger partial charge in [0.05, 0.1) is 17.4 Å². The van der Waals surface area contributed by atoms with Crippen molar-refractivity contribution in [1.29, 1.82) is 0 Å². The Bertz CT molecular complexity index is 1250. The molecular formula is C26H32N6O2. The van der Waals surface area contributed by atoms with E-state index in [9.17, 15) is 9.59 Å². The number of carbonyl (C=O) groups is 1. The van der Waals surface area contributed by atoms with Gasteiger partial charge < -0.3 is 10.2 Å². The van der Waals surface area contributed by atoms with Gasteiger partial charge in [0, 0.05) is 30.7 Å². The summed E-state index contributed by atoms with van der Waals surface area (Å²) in [4.78, 5) is 41.9. The molecule has 0 bridgehead atoms. The Labute approximate surface area is 199 Å². The topological polar surface area (TPSA) is 93.0 Å². The van der Waals surface area contributed by atoms with Crippen molar-refractivity contribution in [2.24, 2.45) is 0 Å². The van der Waals surface area contributed by atoms with Crippen molar-refractivity contribution in [1.82, 2.24) is 19.5 Å². The summed E-state index contributed by atoms with van der Waals surface area (Å²) in [5, 5.41) is 3.94. The van der Waals surface area contributed by atoms with Gasteiger partial charge >= 0.3 is 0 Å². The van der Waals surface area contributed by atoms with E-state index >= 15 is 0 Å². The van der Waals surface area contributed by atoms with E-state index in [2.05, 4.69) is 26.3 Å². The molecule has 0 atom stereocenters. The maximum absolute atomic E-state index is 13.4. The molecule has 4 heterocycles. The van der Waals surface area contributed by atoms with E-state index in [0.717, 1.165) is 49.8 Å². The summed E-state index contributed by atoms with van der Waals surface area (Å²) >= 11 is 0. The van der Waals surface area contributed by atoms with Crippen molar-refractivity contribution in [2.75, 3.05) is 23.3 Å². The van der Waals surface area contributed by atoms with Crippen LogP contribution in [0.1, 0.15) is 80.3 Å². The van der Waals surface area contributed by atoms with Crippen LogP contribution in [0.4, 0.5) is 17.5 Å². The second-order valence-electron chi connectivity index (χ2n) is 9.53. The predicted molar refractivity (Wildman–Crippen MR) is 134 cm³/mol. The molecule has 5 rings (SSSR count). The summed E-state index contributed by atoms with van der Waals surface area (Å²) in [6, 6.07) is 4.09. The molecule has 8 heteroatoms. The van der Waals surface area contributed by atoms with E-state index in [1.165, 1.54) is 32.6 Å². The summed E-state index contributed by atoms with van der Waals surface area (Å²) < 4.78 is 1.73. The fourth-order valence-electron chi connectivity index (χ4n) is 5.40. The van der Waals surface area contributed by atoms with Crippen LogP contribution in [-0.4, -0.2) is 38.4 Å². The SMILES string of the molecule is CC(=O)c1c(C)c2cnc(Nc3ccc(N4CCCCCC4)cn3)nc2n(C2CCCC2)c1=O. The molecule has 0 spiro atoms. The number of pyridine rings is 2. The third kappa shape index (κ3) is 4.29. The Kier molecular flexibility index (Phi) is 6.30. The van der Waals surface area contributed by atoms with E-state index in [0.29, 0.717) is 23.0 Å². The molecule has 0 amide bonds. The molecule has 34 heavy (non-hydrogen) atoms. The summed E-state index contributed by atoms with van der Waals surface area (Å²) in [6.07, 6.45) is 12.6. The second kappa shape index (κ2) is 9.52. The van der Waals surface area contributed by atoms with Gasteiger partial charge in [-0.3, -0.25) is 14.2 Å². The van der Waals surface area contributed by atoms with Crippen LogP contribution in [-0.2, 0) is 0 Å². The number of Topliss-reactive ketones (excluding diaryl/α,β-unsaturated/α-hetero) is 1. The molecule has 8 nitrogen and oxygen atoms in total. The molecular weight excluding hydrogens is 428 g/mol. The fourth-order valence-corrected chi connectivity index (χ4v) is 5.40. The van der Waals surface area contributed by atoms with Crippen LogP contribution < -0.4 is 15.8 Å². The number of nitrogens with one attached hydrogen (secondary N) is 1. The molecule has 1 aliphatic carbocycles. The number of rotatable bonds is 5. The zero-order valence-corrected chi connectivity index (χ0v) is 20.0. The standard InChI is InChI=1S/C26H32N6O2/c1-17-21-16-28-26(29-22-12-11-20(15-27-22)31-13-7-3-4-8-14-31)30-24(21)32(19-9-5-6-10-19)25(34)23(17)18(2)33/h11-12,15-16,19H,3-10,13-14H2,1-2H3,(H,27,28,29,30). The van der Waals surface area contributed by atoms with E-state index in [4.69, 9.17) is 4.98 Å². The number of fused-ring (bicyclic) bond motifs is 1. The average molecular weight is 461 g/mol. The predicted octanol–water partition coefficient (Wildman–Crippen LogP) is 4.94. The molecule has 1 saturated heterocycles. The first-order valence-corrected chi connectivity index (χ1v) is 12.4. The number of hydrogen-bond acceptors (Lipinski definition) is 7. The molecule has 0 radical (unpaired) electrons. The lowest BCUT2D eigenvalue weighted by molar-refractivity contribution is 0.101. The van der Waals surface area contributed by atoms with Gasteiger partial charge in [-0.1, -0.05) is 25.7 Å². The molecule has 3 aromatic rings. The summed E-state index contributed by atoms with van der Waals surface area (Å²) in [7, 11) is 0. The largest absolute Gasteiger partial charge is 0.370 e. The number of ketones is 1. The van der Waals surface area contributed by atoms with E-state index in [1.54, 1.807) is 17.7 Å². The molecule has 3 aromatic heterocycles. The van der Waals surface area contributed by atoms with Crippen LogP contribution in [0, 0.1) is 6.92 Å². The van der Waals surface area contributed by atoms with Crippen LogP contribution in [0.2, 0.25) is 0 Å². The number of anilines is 3. The number of carbonyl (C=O) groups excluding carboxylic acids is 1. The minimum atomic E-state index is -0.242. The normalized spacial score (nSPS) is 17.2. The van der Waals surface area contributed by atoms with Gasteiger partial charge in [0.2, 0.25) is 5.95 Å². The van der Waals surface area contributed by atoms with Crippen LogP contribution in [0.25, 0.3) is 11.0 Å².